The van der Waals surface area contributed by atoms with Crippen LogP contribution < -0.4 is 10.6 Å². The van der Waals surface area contributed by atoms with Crippen molar-refractivity contribution < 1.29 is 4.79 Å². The Hall–Kier alpha value is -1.35. The van der Waals surface area contributed by atoms with Gasteiger partial charge >= 0.3 is 0 Å². The van der Waals surface area contributed by atoms with E-state index in [1.54, 1.807) is 0 Å². The van der Waals surface area contributed by atoms with E-state index in [-0.39, 0.29) is 11.9 Å². The molecular formula is C14H20N2O. The highest BCUT2D eigenvalue weighted by molar-refractivity contribution is 5.78. The molecule has 0 spiro atoms. The number of nitrogens with one attached hydrogen (secondary N) is 2. The Kier molecular flexibility index (Phi) is 4.15. The molecule has 0 aliphatic heterocycles. The first-order valence-electron chi connectivity index (χ1n) is 6.30. The molecule has 0 unspecified atom stereocenters. The summed E-state index contributed by atoms with van der Waals surface area (Å²) in [5, 5.41) is 6.18. The zero-order valence-corrected chi connectivity index (χ0v) is 10.3. The number of carbonyl (C=O) groups excluding carboxylic acids is 1. The normalized spacial score (nSPS) is 16.5. The monoisotopic (exact) mass is 232 g/mol. The summed E-state index contributed by atoms with van der Waals surface area (Å²) in [6.07, 6.45) is 2.63. The van der Waals surface area contributed by atoms with Crippen molar-refractivity contribution >= 4 is 5.91 Å². The molecule has 1 aromatic rings. The number of hydrogen-bond acceptors (Lipinski definition) is 2. The van der Waals surface area contributed by atoms with Crippen LogP contribution in [0.2, 0.25) is 0 Å². The fourth-order valence-corrected chi connectivity index (χ4v) is 1.83. The van der Waals surface area contributed by atoms with Crippen molar-refractivity contribution in [2.45, 2.75) is 25.8 Å². The van der Waals surface area contributed by atoms with Gasteiger partial charge in [-0.05, 0) is 37.8 Å². The lowest BCUT2D eigenvalue weighted by Gasteiger charge is -2.14. The van der Waals surface area contributed by atoms with E-state index in [9.17, 15) is 4.79 Å². The van der Waals surface area contributed by atoms with Crippen LogP contribution in [0.1, 0.15) is 31.4 Å². The lowest BCUT2D eigenvalue weighted by Crippen LogP contribution is -2.36. The van der Waals surface area contributed by atoms with Gasteiger partial charge in [-0.3, -0.25) is 4.79 Å². The van der Waals surface area contributed by atoms with Gasteiger partial charge in [-0.15, -0.1) is 0 Å². The first-order valence-corrected chi connectivity index (χ1v) is 6.30. The summed E-state index contributed by atoms with van der Waals surface area (Å²) in [6, 6.07) is 10.1. The third-order valence-electron chi connectivity index (χ3n) is 3.09. The molecule has 2 N–H and O–H groups in total. The molecule has 2 rings (SSSR count). The minimum absolute atomic E-state index is 0.0713. The summed E-state index contributed by atoms with van der Waals surface area (Å²) >= 11 is 0. The summed E-state index contributed by atoms with van der Waals surface area (Å²) in [5.74, 6) is 0.886. The SMILES string of the molecule is C[C@@H](NC(=O)CNCC1CC1)c1ccccc1. The predicted octanol–water partition coefficient (Wildman–Crippen LogP) is 1.86. The van der Waals surface area contributed by atoms with Crippen LogP contribution in [0, 0.1) is 5.92 Å². The van der Waals surface area contributed by atoms with Crippen LogP contribution in [-0.2, 0) is 4.79 Å². The molecule has 0 bridgehead atoms. The van der Waals surface area contributed by atoms with E-state index in [0.717, 1.165) is 18.0 Å². The van der Waals surface area contributed by atoms with Gasteiger partial charge in [-0.25, -0.2) is 0 Å². The Morgan fingerprint density at radius 1 is 1.35 bits per heavy atom. The van der Waals surface area contributed by atoms with Crippen molar-refractivity contribution in [3.8, 4) is 0 Å². The van der Waals surface area contributed by atoms with Crippen molar-refractivity contribution in [1.29, 1.82) is 0 Å². The number of carbonyl (C=O) groups is 1. The van der Waals surface area contributed by atoms with Gasteiger partial charge in [-0.1, -0.05) is 30.3 Å². The fraction of sp³-hybridized carbons (Fsp3) is 0.500. The summed E-state index contributed by atoms with van der Waals surface area (Å²) in [6.45, 7) is 3.41. The molecule has 1 fully saturated rings. The Bertz CT molecular complexity index is 360. The van der Waals surface area contributed by atoms with E-state index in [1.165, 1.54) is 12.8 Å². The molecule has 1 saturated carbocycles. The summed E-state index contributed by atoms with van der Waals surface area (Å²) < 4.78 is 0. The van der Waals surface area contributed by atoms with Gasteiger partial charge in [-0.2, -0.15) is 0 Å². The van der Waals surface area contributed by atoms with Crippen LogP contribution >= 0.6 is 0 Å². The zero-order chi connectivity index (χ0) is 12.1. The lowest BCUT2D eigenvalue weighted by molar-refractivity contribution is -0.120. The molecule has 1 aliphatic rings. The van der Waals surface area contributed by atoms with E-state index in [4.69, 9.17) is 0 Å². The van der Waals surface area contributed by atoms with Gasteiger partial charge in [0, 0.05) is 0 Å². The van der Waals surface area contributed by atoms with Gasteiger partial charge in [0.25, 0.3) is 0 Å². The molecule has 0 radical (unpaired) electrons. The Morgan fingerprint density at radius 3 is 2.71 bits per heavy atom. The first-order chi connectivity index (χ1) is 8.25. The molecule has 0 heterocycles. The zero-order valence-electron chi connectivity index (χ0n) is 10.3. The second-order valence-electron chi connectivity index (χ2n) is 4.77. The quantitative estimate of drug-likeness (QED) is 0.786. The molecule has 1 amide bonds. The maximum Gasteiger partial charge on any atom is 0.234 e. The number of amides is 1. The summed E-state index contributed by atoms with van der Waals surface area (Å²) in [5.41, 5.74) is 1.14. The molecule has 1 atom stereocenters. The average Bonchev–Trinajstić information content (AvgIpc) is 3.14. The van der Waals surface area contributed by atoms with Gasteiger partial charge in [0.2, 0.25) is 5.91 Å². The van der Waals surface area contributed by atoms with Crippen molar-refractivity contribution in [3.05, 3.63) is 35.9 Å². The predicted molar refractivity (Wildman–Crippen MR) is 68.6 cm³/mol. The largest absolute Gasteiger partial charge is 0.348 e. The molecule has 17 heavy (non-hydrogen) atoms. The van der Waals surface area contributed by atoms with E-state index < -0.39 is 0 Å². The molecule has 0 aromatic heterocycles. The van der Waals surface area contributed by atoms with E-state index in [1.807, 2.05) is 37.3 Å². The van der Waals surface area contributed by atoms with E-state index in [2.05, 4.69) is 10.6 Å². The lowest BCUT2D eigenvalue weighted by atomic mass is 10.1. The molecular weight excluding hydrogens is 212 g/mol. The highest BCUT2D eigenvalue weighted by Crippen LogP contribution is 2.27. The highest BCUT2D eigenvalue weighted by atomic mass is 16.1. The van der Waals surface area contributed by atoms with Crippen LogP contribution in [0.15, 0.2) is 30.3 Å². The third kappa shape index (κ3) is 4.19. The molecule has 1 aliphatic carbocycles. The third-order valence-corrected chi connectivity index (χ3v) is 3.09. The number of hydrogen-bond donors (Lipinski definition) is 2. The Labute approximate surface area is 103 Å². The second kappa shape index (κ2) is 5.82. The minimum atomic E-state index is 0.0713. The maximum atomic E-state index is 11.7. The highest BCUT2D eigenvalue weighted by Gasteiger charge is 2.20. The van der Waals surface area contributed by atoms with E-state index in [0.29, 0.717) is 6.54 Å². The van der Waals surface area contributed by atoms with Gasteiger partial charge in [0.15, 0.2) is 0 Å². The first kappa shape index (κ1) is 12.1. The molecule has 1 aromatic carbocycles. The molecule has 3 heteroatoms. The van der Waals surface area contributed by atoms with Gasteiger partial charge in [0.1, 0.15) is 0 Å². The summed E-state index contributed by atoms with van der Waals surface area (Å²) in [4.78, 5) is 11.7. The summed E-state index contributed by atoms with van der Waals surface area (Å²) in [7, 11) is 0. The average molecular weight is 232 g/mol. The molecule has 3 nitrogen and oxygen atoms in total. The second-order valence-corrected chi connectivity index (χ2v) is 4.77. The Balaban J connectivity index is 1.69. The standard InChI is InChI=1S/C14H20N2O/c1-11(13-5-3-2-4-6-13)16-14(17)10-15-9-12-7-8-12/h2-6,11-12,15H,7-10H2,1H3,(H,16,17)/t11-/m1/s1. The van der Waals surface area contributed by atoms with Crippen LogP contribution in [0.3, 0.4) is 0 Å². The maximum absolute atomic E-state index is 11.7. The van der Waals surface area contributed by atoms with Gasteiger partial charge in [0.05, 0.1) is 12.6 Å². The minimum Gasteiger partial charge on any atom is -0.348 e. The van der Waals surface area contributed by atoms with Crippen LogP contribution in [0.4, 0.5) is 0 Å². The van der Waals surface area contributed by atoms with Crippen molar-refractivity contribution in [1.82, 2.24) is 10.6 Å². The topological polar surface area (TPSA) is 41.1 Å². The number of rotatable bonds is 6. The van der Waals surface area contributed by atoms with Crippen LogP contribution in [0.5, 0.6) is 0 Å². The van der Waals surface area contributed by atoms with E-state index >= 15 is 0 Å². The molecule has 92 valence electrons. The van der Waals surface area contributed by atoms with Crippen LogP contribution in [0.25, 0.3) is 0 Å². The number of benzene rings is 1. The Morgan fingerprint density at radius 2 is 2.06 bits per heavy atom. The van der Waals surface area contributed by atoms with Gasteiger partial charge < -0.3 is 10.6 Å². The van der Waals surface area contributed by atoms with Crippen molar-refractivity contribution in [2.24, 2.45) is 5.92 Å². The van der Waals surface area contributed by atoms with Crippen molar-refractivity contribution in [2.75, 3.05) is 13.1 Å². The van der Waals surface area contributed by atoms with Crippen molar-refractivity contribution in [3.63, 3.8) is 0 Å². The van der Waals surface area contributed by atoms with Crippen LogP contribution in [-0.4, -0.2) is 19.0 Å². The molecule has 0 saturated heterocycles. The fourth-order valence-electron chi connectivity index (χ4n) is 1.83. The smallest absolute Gasteiger partial charge is 0.234 e.